The van der Waals surface area contributed by atoms with Crippen LogP contribution in [-0.2, 0) is 4.79 Å². The number of rotatable bonds is 1. The second-order valence-corrected chi connectivity index (χ2v) is 4.54. The minimum Gasteiger partial charge on any atom is -0.299 e. The first-order valence-corrected chi connectivity index (χ1v) is 4.63. The Hall–Kier alpha value is -0.590. The number of allylic oxidation sites excluding steroid dienone is 1. The molecule has 1 rings (SSSR count). The second kappa shape index (κ2) is 3.04. The van der Waals surface area contributed by atoms with Crippen molar-refractivity contribution in [3.8, 4) is 0 Å². The van der Waals surface area contributed by atoms with Gasteiger partial charge in [0.2, 0.25) is 0 Å². The van der Waals surface area contributed by atoms with Crippen LogP contribution in [0.15, 0.2) is 12.2 Å². The Balaban J connectivity index is 2.88. The smallest absolute Gasteiger partial charge is 0.137 e. The molecule has 0 aromatic carbocycles. The molecule has 1 unspecified atom stereocenters. The maximum Gasteiger partial charge on any atom is 0.137 e. The molecule has 1 aliphatic carbocycles. The lowest BCUT2D eigenvalue weighted by Gasteiger charge is -2.38. The summed E-state index contributed by atoms with van der Waals surface area (Å²) in [6.45, 7) is 10.0. The van der Waals surface area contributed by atoms with E-state index >= 15 is 0 Å². The van der Waals surface area contributed by atoms with E-state index in [9.17, 15) is 4.79 Å². The van der Waals surface area contributed by atoms with Crippen LogP contribution >= 0.6 is 0 Å². The minimum absolute atomic E-state index is 0.103. The largest absolute Gasteiger partial charge is 0.299 e. The summed E-state index contributed by atoms with van der Waals surface area (Å²) in [5.74, 6) is 0.385. The van der Waals surface area contributed by atoms with E-state index in [1.807, 2.05) is 0 Å². The van der Waals surface area contributed by atoms with Gasteiger partial charge in [0, 0.05) is 5.92 Å². The van der Waals surface area contributed by atoms with Gasteiger partial charge in [-0.3, -0.25) is 4.79 Å². The van der Waals surface area contributed by atoms with E-state index < -0.39 is 0 Å². The Morgan fingerprint density at radius 3 is 2.50 bits per heavy atom. The SMILES string of the molecule is C=C1CCCC(C)(C)C1C(C)=O. The fourth-order valence-electron chi connectivity index (χ4n) is 2.45. The highest BCUT2D eigenvalue weighted by Crippen LogP contribution is 2.43. The normalized spacial score (nSPS) is 28.6. The Morgan fingerprint density at radius 2 is 2.17 bits per heavy atom. The van der Waals surface area contributed by atoms with Crippen LogP contribution in [0.4, 0.5) is 0 Å². The Labute approximate surface area is 74.9 Å². The fourth-order valence-corrected chi connectivity index (χ4v) is 2.45. The van der Waals surface area contributed by atoms with Gasteiger partial charge in [0.25, 0.3) is 0 Å². The standard InChI is InChI=1S/C11H18O/c1-8-6-5-7-11(3,4)10(8)9(2)12/h10H,1,5-7H2,2-4H3. The van der Waals surface area contributed by atoms with E-state index in [2.05, 4.69) is 20.4 Å². The Bertz CT molecular complexity index is 213. The van der Waals surface area contributed by atoms with Crippen LogP contribution in [0.3, 0.4) is 0 Å². The number of carbonyl (C=O) groups excluding carboxylic acids is 1. The molecule has 1 atom stereocenters. The molecule has 0 radical (unpaired) electrons. The molecule has 0 bridgehead atoms. The van der Waals surface area contributed by atoms with Crippen molar-refractivity contribution >= 4 is 5.78 Å². The Kier molecular flexibility index (Phi) is 2.41. The highest BCUT2D eigenvalue weighted by molar-refractivity contribution is 5.82. The molecule has 0 heterocycles. The van der Waals surface area contributed by atoms with Gasteiger partial charge in [0.05, 0.1) is 0 Å². The molecule has 0 aromatic rings. The lowest BCUT2D eigenvalue weighted by atomic mass is 9.65. The first-order chi connectivity index (χ1) is 5.45. The maximum atomic E-state index is 11.4. The molecule has 0 saturated heterocycles. The molecule has 1 fully saturated rings. The lowest BCUT2D eigenvalue weighted by molar-refractivity contribution is -0.123. The van der Waals surface area contributed by atoms with Crippen LogP contribution in [0, 0.1) is 11.3 Å². The van der Waals surface area contributed by atoms with Crippen molar-refractivity contribution < 1.29 is 4.79 Å². The summed E-state index contributed by atoms with van der Waals surface area (Å²) in [5, 5.41) is 0. The van der Waals surface area contributed by atoms with Crippen LogP contribution in [0.2, 0.25) is 0 Å². The van der Waals surface area contributed by atoms with Gasteiger partial charge in [-0.15, -0.1) is 0 Å². The third kappa shape index (κ3) is 1.60. The Morgan fingerprint density at radius 1 is 1.58 bits per heavy atom. The lowest BCUT2D eigenvalue weighted by Crippen LogP contribution is -2.34. The van der Waals surface area contributed by atoms with Crippen molar-refractivity contribution in [3.05, 3.63) is 12.2 Å². The third-order valence-corrected chi connectivity index (χ3v) is 2.92. The number of hydrogen-bond donors (Lipinski definition) is 0. The topological polar surface area (TPSA) is 17.1 Å². The van der Waals surface area contributed by atoms with E-state index in [0.29, 0.717) is 0 Å². The average molecular weight is 166 g/mol. The molecule has 0 amide bonds. The van der Waals surface area contributed by atoms with Gasteiger partial charge in [0.1, 0.15) is 5.78 Å². The van der Waals surface area contributed by atoms with Gasteiger partial charge in [-0.1, -0.05) is 26.0 Å². The van der Waals surface area contributed by atoms with Gasteiger partial charge >= 0.3 is 0 Å². The molecule has 1 heteroatoms. The third-order valence-electron chi connectivity index (χ3n) is 2.92. The predicted octanol–water partition coefficient (Wildman–Crippen LogP) is 2.96. The molecule has 0 aliphatic heterocycles. The van der Waals surface area contributed by atoms with Crippen LogP contribution in [0.5, 0.6) is 0 Å². The number of carbonyl (C=O) groups is 1. The molecular weight excluding hydrogens is 148 g/mol. The van der Waals surface area contributed by atoms with Crippen LogP contribution in [-0.4, -0.2) is 5.78 Å². The summed E-state index contributed by atoms with van der Waals surface area (Å²) in [7, 11) is 0. The first-order valence-electron chi connectivity index (χ1n) is 4.63. The number of hydrogen-bond acceptors (Lipinski definition) is 1. The molecule has 1 aliphatic rings. The number of Topliss-reactive ketones (excluding diaryl/α,β-unsaturated/α-hetero) is 1. The predicted molar refractivity (Wildman–Crippen MR) is 50.9 cm³/mol. The first kappa shape index (κ1) is 9.50. The van der Waals surface area contributed by atoms with Gasteiger partial charge in [-0.2, -0.15) is 0 Å². The highest BCUT2D eigenvalue weighted by Gasteiger charge is 2.37. The van der Waals surface area contributed by atoms with E-state index in [4.69, 9.17) is 0 Å². The summed E-state index contributed by atoms with van der Waals surface area (Å²) in [6.07, 6.45) is 3.37. The molecule has 0 N–H and O–H groups in total. The molecule has 0 aromatic heterocycles. The van der Waals surface area contributed by atoms with Gasteiger partial charge < -0.3 is 0 Å². The summed E-state index contributed by atoms with van der Waals surface area (Å²) >= 11 is 0. The molecule has 12 heavy (non-hydrogen) atoms. The zero-order chi connectivity index (χ0) is 9.35. The quantitative estimate of drug-likeness (QED) is 0.547. The van der Waals surface area contributed by atoms with Crippen LogP contribution in [0.25, 0.3) is 0 Å². The fraction of sp³-hybridized carbons (Fsp3) is 0.727. The monoisotopic (exact) mass is 166 g/mol. The van der Waals surface area contributed by atoms with Crippen molar-refractivity contribution in [2.24, 2.45) is 11.3 Å². The van der Waals surface area contributed by atoms with Crippen molar-refractivity contribution in [1.29, 1.82) is 0 Å². The van der Waals surface area contributed by atoms with E-state index in [-0.39, 0.29) is 17.1 Å². The van der Waals surface area contributed by atoms with Crippen LogP contribution in [0.1, 0.15) is 40.0 Å². The molecule has 68 valence electrons. The zero-order valence-electron chi connectivity index (χ0n) is 8.31. The molecular formula is C11H18O. The van der Waals surface area contributed by atoms with E-state index in [1.165, 1.54) is 6.42 Å². The van der Waals surface area contributed by atoms with Crippen molar-refractivity contribution in [3.63, 3.8) is 0 Å². The van der Waals surface area contributed by atoms with Crippen molar-refractivity contribution in [2.75, 3.05) is 0 Å². The maximum absolute atomic E-state index is 11.4. The summed E-state index contributed by atoms with van der Waals surface area (Å²) < 4.78 is 0. The summed E-state index contributed by atoms with van der Waals surface area (Å²) in [4.78, 5) is 11.4. The summed E-state index contributed by atoms with van der Waals surface area (Å²) in [5.41, 5.74) is 1.28. The van der Waals surface area contributed by atoms with Crippen LogP contribution < -0.4 is 0 Å². The van der Waals surface area contributed by atoms with Gasteiger partial charge in [-0.25, -0.2) is 0 Å². The minimum atomic E-state index is 0.103. The van der Waals surface area contributed by atoms with Crippen molar-refractivity contribution in [1.82, 2.24) is 0 Å². The van der Waals surface area contributed by atoms with E-state index in [1.54, 1.807) is 6.92 Å². The average Bonchev–Trinajstić information content (AvgIpc) is 1.82. The molecule has 1 nitrogen and oxygen atoms in total. The van der Waals surface area contributed by atoms with Gasteiger partial charge in [0.15, 0.2) is 0 Å². The van der Waals surface area contributed by atoms with Gasteiger partial charge in [-0.05, 0) is 31.6 Å². The molecule has 1 saturated carbocycles. The second-order valence-electron chi connectivity index (χ2n) is 4.54. The van der Waals surface area contributed by atoms with Crippen molar-refractivity contribution in [2.45, 2.75) is 40.0 Å². The van der Waals surface area contributed by atoms with E-state index in [0.717, 1.165) is 18.4 Å². The highest BCUT2D eigenvalue weighted by atomic mass is 16.1. The zero-order valence-corrected chi connectivity index (χ0v) is 8.31. The molecule has 0 spiro atoms. The number of ketones is 1. The summed E-state index contributed by atoms with van der Waals surface area (Å²) in [6, 6.07) is 0.